The predicted octanol–water partition coefficient (Wildman–Crippen LogP) is 4.90. The van der Waals surface area contributed by atoms with Crippen LogP contribution in [0, 0.1) is 0 Å². The molecule has 2 rings (SSSR count). The van der Waals surface area contributed by atoms with Crippen molar-refractivity contribution in [1.29, 1.82) is 0 Å². The normalized spacial score (nSPS) is 12.2. The maximum atomic E-state index is 11.8. The van der Waals surface area contributed by atoms with Crippen molar-refractivity contribution in [3.8, 4) is 5.75 Å². The number of carbonyl (C=O) groups is 1. The molecule has 0 bridgehead atoms. The van der Waals surface area contributed by atoms with Crippen molar-refractivity contribution in [3.63, 3.8) is 0 Å². The van der Waals surface area contributed by atoms with Crippen LogP contribution in [0.15, 0.2) is 64.2 Å². The lowest BCUT2D eigenvalue weighted by Gasteiger charge is -2.19. The third-order valence-corrected chi connectivity index (χ3v) is 4.01. The van der Waals surface area contributed by atoms with Gasteiger partial charge in [0.15, 0.2) is 6.61 Å². The Kier molecular flexibility index (Phi) is 7.16. The van der Waals surface area contributed by atoms with Gasteiger partial charge in [0.2, 0.25) is 0 Å². The van der Waals surface area contributed by atoms with E-state index in [1.165, 1.54) is 11.8 Å². The largest absolute Gasteiger partial charge is 0.484 e. The van der Waals surface area contributed by atoms with Gasteiger partial charge < -0.3 is 4.74 Å². The molecule has 2 aromatic rings. The highest BCUT2D eigenvalue weighted by Crippen LogP contribution is 2.24. The molecule has 0 spiro atoms. The minimum atomic E-state index is -0.318. The zero-order valence-corrected chi connectivity index (χ0v) is 16.8. The van der Waals surface area contributed by atoms with Crippen LogP contribution in [0.5, 0.6) is 5.75 Å². The zero-order chi connectivity index (χ0) is 19.0. The van der Waals surface area contributed by atoms with E-state index in [0.717, 1.165) is 10.0 Å². The molecule has 0 aromatic heterocycles. The Morgan fingerprint density at radius 3 is 2.38 bits per heavy atom. The number of nitrogens with one attached hydrogen (secondary N) is 1. The Hall–Kier alpha value is -2.40. The minimum Gasteiger partial charge on any atom is -0.484 e. The Morgan fingerprint density at radius 2 is 1.77 bits per heavy atom. The Bertz CT molecular complexity index is 776. The molecule has 0 fully saturated rings. The smallest absolute Gasteiger partial charge is 0.277 e. The van der Waals surface area contributed by atoms with Gasteiger partial charge >= 0.3 is 0 Å². The van der Waals surface area contributed by atoms with Crippen molar-refractivity contribution in [2.45, 2.75) is 26.2 Å². The number of hydrogen-bond acceptors (Lipinski definition) is 3. The summed E-state index contributed by atoms with van der Waals surface area (Å²) >= 11 is 3.39. The summed E-state index contributed by atoms with van der Waals surface area (Å²) in [5, 5.41) is 3.91. The molecular formula is C21H23BrN2O2. The fraction of sp³-hybridized carbons (Fsp3) is 0.238. The average Bonchev–Trinajstić information content (AvgIpc) is 2.60. The quantitative estimate of drug-likeness (QED) is 0.539. The van der Waals surface area contributed by atoms with Gasteiger partial charge in [-0.25, -0.2) is 5.43 Å². The molecule has 4 nitrogen and oxygen atoms in total. The number of ether oxygens (including phenoxy) is 1. The molecule has 0 saturated heterocycles. The number of hydrogen-bond donors (Lipinski definition) is 1. The number of rotatable bonds is 6. The van der Waals surface area contributed by atoms with Crippen LogP contribution < -0.4 is 10.2 Å². The number of nitrogens with zero attached hydrogens (tertiary/aromatic N) is 1. The number of allylic oxidation sites excluding steroid dienone is 1. The SMILES string of the molecule is CC(C)(C)c1ccc(OCC(=O)N/N=C/C(Br)=C/c2ccccc2)cc1. The highest BCUT2D eigenvalue weighted by atomic mass is 79.9. The van der Waals surface area contributed by atoms with Crippen molar-refractivity contribution in [1.82, 2.24) is 5.43 Å². The van der Waals surface area contributed by atoms with Gasteiger partial charge in [0.05, 0.1) is 6.21 Å². The molecular weight excluding hydrogens is 392 g/mol. The van der Waals surface area contributed by atoms with Gasteiger partial charge in [0.25, 0.3) is 5.91 Å². The van der Waals surface area contributed by atoms with Crippen LogP contribution in [0.1, 0.15) is 31.9 Å². The van der Waals surface area contributed by atoms with Crippen molar-refractivity contribution in [3.05, 3.63) is 70.2 Å². The first-order valence-corrected chi connectivity index (χ1v) is 9.11. The fourth-order valence-corrected chi connectivity index (χ4v) is 2.51. The standard InChI is InChI=1S/C21H23BrN2O2/c1-21(2,3)17-9-11-19(12-10-17)26-15-20(25)24-23-14-18(22)13-16-7-5-4-6-8-16/h4-14H,15H2,1-3H3,(H,24,25)/b18-13-,23-14+. The molecule has 0 aliphatic heterocycles. The van der Waals surface area contributed by atoms with E-state index in [9.17, 15) is 4.79 Å². The van der Waals surface area contributed by atoms with Gasteiger partial charge in [-0.3, -0.25) is 4.79 Å². The monoisotopic (exact) mass is 414 g/mol. The first-order chi connectivity index (χ1) is 12.3. The van der Waals surface area contributed by atoms with E-state index in [-0.39, 0.29) is 17.9 Å². The van der Waals surface area contributed by atoms with Crippen LogP contribution in [0.25, 0.3) is 6.08 Å². The molecule has 2 aromatic carbocycles. The maximum Gasteiger partial charge on any atom is 0.277 e. The molecule has 136 valence electrons. The van der Waals surface area contributed by atoms with Gasteiger partial charge in [0.1, 0.15) is 5.75 Å². The third-order valence-electron chi connectivity index (χ3n) is 3.57. The summed E-state index contributed by atoms with van der Waals surface area (Å²) in [4.78, 5) is 11.8. The third kappa shape index (κ3) is 6.84. The fourth-order valence-electron chi connectivity index (χ4n) is 2.14. The van der Waals surface area contributed by atoms with E-state index >= 15 is 0 Å². The average molecular weight is 415 g/mol. The van der Waals surface area contributed by atoms with Gasteiger partial charge in [0, 0.05) is 4.48 Å². The maximum absolute atomic E-state index is 11.8. The van der Waals surface area contributed by atoms with Crippen LogP contribution in [0.4, 0.5) is 0 Å². The lowest BCUT2D eigenvalue weighted by molar-refractivity contribution is -0.123. The first-order valence-electron chi connectivity index (χ1n) is 8.32. The summed E-state index contributed by atoms with van der Waals surface area (Å²) in [5.74, 6) is 0.337. The van der Waals surface area contributed by atoms with Gasteiger partial charge in [-0.2, -0.15) is 5.10 Å². The molecule has 1 amide bonds. The first kappa shape index (κ1) is 19.9. The number of halogens is 1. The molecule has 0 radical (unpaired) electrons. The van der Waals surface area contributed by atoms with Crippen molar-refractivity contribution < 1.29 is 9.53 Å². The van der Waals surface area contributed by atoms with Gasteiger partial charge in [-0.15, -0.1) is 0 Å². The Balaban J connectivity index is 1.79. The molecule has 0 saturated carbocycles. The number of benzene rings is 2. The van der Waals surface area contributed by atoms with Crippen molar-refractivity contribution in [2.75, 3.05) is 6.61 Å². The minimum absolute atomic E-state index is 0.0886. The summed E-state index contributed by atoms with van der Waals surface area (Å²) < 4.78 is 6.23. The highest BCUT2D eigenvalue weighted by Gasteiger charge is 2.13. The molecule has 26 heavy (non-hydrogen) atoms. The van der Waals surface area contributed by atoms with E-state index in [2.05, 4.69) is 47.2 Å². The van der Waals surface area contributed by atoms with E-state index in [0.29, 0.717) is 5.75 Å². The van der Waals surface area contributed by atoms with Crippen LogP contribution >= 0.6 is 15.9 Å². The van der Waals surface area contributed by atoms with Crippen LogP contribution in [-0.4, -0.2) is 18.7 Å². The van der Waals surface area contributed by atoms with Crippen molar-refractivity contribution in [2.24, 2.45) is 5.10 Å². The van der Waals surface area contributed by atoms with Crippen LogP contribution in [0.2, 0.25) is 0 Å². The van der Waals surface area contributed by atoms with E-state index in [1.54, 1.807) is 0 Å². The Labute approximate surface area is 163 Å². The predicted molar refractivity (Wildman–Crippen MR) is 111 cm³/mol. The van der Waals surface area contributed by atoms with E-state index in [1.807, 2.05) is 60.7 Å². The summed E-state index contributed by atoms with van der Waals surface area (Å²) in [6.45, 7) is 6.36. The zero-order valence-electron chi connectivity index (χ0n) is 15.2. The highest BCUT2D eigenvalue weighted by molar-refractivity contribution is 9.12. The summed E-state index contributed by atoms with van der Waals surface area (Å²) in [6.07, 6.45) is 3.44. The number of amides is 1. The van der Waals surface area contributed by atoms with Crippen LogP contribution in [-0.2, 0) is 10.2 Å². The van der Waals surface area contributed by atoms with Crippen LogP contribution in [0.3, 0.4) is 0 Å². The molecule has 0 atom stereocenters. The summed E-state index contributed by atoms with van der Waals surface area (Å²) in [7, 11) is 0. The van der Waals surface area contributed by atoms with E-state index < -0.39 is 0 Å². The Morgan fingerprint density at radius 1 is 1.12 bits per heavy atom. The lowest BCUT2D eigenvalue weighted by Crippen LogP contribution is -2.24. The van der Waals surface area contributed by atoms with Gasteiger partial charge in [-0.05, 0) is 50.7 Å². The molecule has 0 aliphatic carbocycles. The second-order valence-electron chi connectivity index (χ2n) is 6.80. The molecule has 5 heteroatoms. The van der Waals surface area contributed by atoms with Crippen molar-refractivity contribution >= 4 is 34.1 Å². The molecule has 1 N–H and O–H groups in total. The topological polar surface area (TPSA) is 50.7 Å². The molecule has 0 heterocycles. The molecule has 0 aliphatic rings. The summed E-state index contributed by atoms with van der Waals surface area (Å²) in [6, 6.07) is 17.6. The summed E-state index contributed by atoms with van der Waals surface area (Å²) in [5.41, 5.74) is 4.79. The second-order valence-corrected chi connectivity index (χ2v) is 7.71. The number of hydrazone groups is 1. The van der Waals surface area contributed by atoms with E-state index in [4.69, 9.17) is 4.74 Å². The second kappa shape index (κ2) is 9.34. The lowest BCUT2D eigenvalue weighted by atomic mass is 9.87. The molecule has 0 unspecified atom stereocenters. The van der Waals surface area contributed by atoms with Gasteiger partial charge in [-0.1, -0.05) is 63.2 Å². The number of carbonyl (C=O) groups excluding carboxylic acids is 1.